The molecule has 3 rings (SSSR count). The fraction of sp³-hybridized carbons (Fsp3) is 0.500. The van der Waals surface area contributed by atoms with Crippen molar-refractivity contribution in [3.63, 3.8) is 0 Å². The minimum atomic E-state index is -0.114. The van der Waals surface area contributed by atoms with E-state index in [-0.39, 0.29) is 12.1 Å². The highest BCUT2D eigenvalue weighted by Gasteiger charge is 2.28. The Morgan fingerprint density at radius 2 is 2.28 bits per heavy atom. The Labute approximate surface area is 148 Å². The SMILES string of the molecule is CC(C)CC1COCCN1C(=O)Nc1ccn(Cc2ccccn2)n1. The van der Waals surface area contributed by atoms with Crippen LogP contribution < -0.4 is 5.32 Å². The highest BCUT2D eigenvalue weighted by atomic mass is 16.5. The molecule has 7 nitrogen and oxygen atoms in total. The predicted molar refractivity (Wildman–Crippen MR) is 95.4 cm³/mol. The summed E-state index contributed by atoms with van der Waals surface area (Å²) in [4.78, 5) is 18.8. The first-order valence-electron chi connectivity index (χ1n) is 8.70. The van der Waals surface area contributed by atoms with Gasteiger partial charge in [0.2, 0.25) is 0 Å². The third kappa shape index (κ3) is 4.79. The zero-order chi connectivity index (χ0) is 17.6. The maximum atomic E-state index is 12.6. The van der Waals surface area contributed by atoms with E-state index in [9.17, 15) is 4.79 Å². The molecule has 1 unspecified atom stereocenters. The molecular weight excluding hydrogens is 318 g/mol. The molecule has 1 saturated heterocycles. The van der Waals surface area contributed by atoms with Gasteiger partial charge in [0, 0.05) is 25.0 Å². The van der Waals surface area contributed by atoms with E-state index in [4.69, 9.17) is 4.74 Å². The number of hydrogen-bond donors (Lipinski definition) is 1. The Balaban J connectivity index is 1.60. The summed E-state index contributed by atoms with van der Waals surface area (Å²) in [5, 5.41) is 7.31. The van der Waals surface area contributed by atoms with Crippen LogP contribution in [0.4, 0.5) is 10.6 Å². The van der Waals surface area contributed by atoms with Crippen LogP contribution in [0, 0.1) is 5.92 Å². The van der Waals surface area contributed by atoms with E-state index in [0.29, 0.717) is 38.0 Å². The molecule has 134 valence electrons. The van der Waals surface area contributed by atoms with E-state index >= 15 is 0 Å². The number of pyridine rings is 1. The molecule has 25 heavy (non-hydrogen) atoms. The van der Waals surface area contributed by atoms with Crippen LogP contribution in [0.2, 0.25) is 0 Å². The molecule has 2 aromatic heterocycles. The molecule has 0 aliphatic carbocycles. The Morgan fingerprint density at radius 1 is 1.40 bits per heavy atom. The first-order valence-corrected chi connectivity index (χ1v) is 8.70. The molecule has 1 aliphatic heterocycles. The van der Waals surface area contributed by atoms with Crippen molar-refractivity contribution < 1.29 is 9.53 Å². The number of amides is 2. The molecule has 1 N–H and O–H groups in total. The molecule has 0 spiro atoms. The topological polar surface area (TPSA) is 72.3 Å². The molecule has 0 bridgehead atoms. The van der Waals surface area contributed by atoms with Crippen LogP contribution in [0.15, 0.2) is 36.7 Å². The van der Waals surface area contributed by atoms with E-state index in [1.807, 2.05) is 29.3 Å². The largest absolute Gasteiger partial charge is 0.377 e. The van der Waals surface area contributed by atoms with Gasteiger partial charge in [-0.15, -0.1) is 0 Å². The first-order chi connectivity index (χ1) is 12.1. The molecule has 1 fully saturated rings. The van der Waals surface area contributed by atoms with Gasteiger partial charge in [-0.05, 0) is 24.5 Å². The lowest BCUT2D eigenvalue weighted by Crippen LogP contribution is -2.50. The number of nitrogens with zero attached hydrogens (tertiary/aromatic N) is 4. The van der Waals surface area contributed by atoms with Crippen molar-refractivity contribution in [2.75, 3.05) is 25.1 Å². The van der Waals surface area contributed by atoms with Crippen molar-refractivity contribution in [1.29, 1.82) is 0 Å². The van der Waals surface area contributed by atoms with Gasteiger partial charge >= 0.3 is 6.03 Å². The van der Waals surface area contributed by atoms with E-state index in [0.717, 1.165) is 12.1 Å². The second-order valence-electron chi connectivity index (χ2n) is 6.70. The standard InChI is InChI=1S/C18H25N5O2/c1-14(2)11-16-13-25-10-9-23(16)18(24)20-17-6-8-22(21-17)12-15-5-3-4-7-19-15/h3-8,14,16H,9-13H2,1-2H3,(H,20,21,24). The highest BCUT2D eigenvalue weighted by molar-refractivity contribution is 5.88. The molecule has 1 aliphatic rings. The zero-order valence-electron chi connectivity index (χ0n) is 14.8. The summed E-state index contributed by atoms with van der Waals surface area (Å²) in [5.74, 6) is 1.07. The van der Waals surface area contributed by atoms with Gasteiger partial charge in [0.05, 0.1) is 31.5 Å². The average molecular weight is 343 g/mol. The van der Waals surface area contributed by atoms with Crippen molar-refractivity contribution >= 4 is 11.8 Å². The van der Waals surface area contributed by atoms with Gasteiger partial charge in [-0.1, -0.05) is 19.9 Å². The number of hydrogen-bond acceptors (Lipinski definition) is 4. The van der Waals surface area contributed by atoms with Crippen LogP contribution in [-0.4, -0.2) is 51.5 Å². The molecule has 0 aromatic carbocycles. The van der Waals surface area contributed by atoms with Gasteiger partial charge in [-0.3, -0.25) is 15.0 Å². The maximum absolute atomic E-state index is 12.6. The summed E-state index contributed by atoms with van der Waals surface area (Å²) >= 11 is 0. The number of morpholine rings is 1. The molecule has 7 heteroatoms. The van der Waals surface area contributed by atoms with Crippen LogP contribution in [0.25, 0.3) is 0 Å². The molecule has 1 atom stereocenters. The number of rotatable bonds is 5. The van der Waals surface area contributed by atoms with E-state index in [1.165, 1.54) is 0 Å². The Morgan fingerprint density at radius 3 is 3.04 bits per heavy atom. The Hall–Kier alpha value is -2.41. The average Bonchev–Trinajstić information content (AvgIpc) is 3.02. The van der Waals surface area contributed by atoms with Crippen molar-refractivity contribution in [2.24, 2.45) is 5.92 Å². The molecule has 2 aromatic rings. The Kier molecular flexibility index (Phi) is 5.65. The monoisotopic (exact) mass is 343 g/mol. The van der Waals surface area contributed by atoms with Crippen LogP contribution in [0.1, 0.15) is 26.0 Å². The fourth-order valence-electron chi connectivity index (χ4n) is 3.02. The van der Waals surface area contributed by atoms with Crippen LogP contribution >= 0.6 is 0 Å². The number of carbonyl (C=O) groups is 1. The molecule has 0 radical (unpaired) electrons. The van der Waals surface area contributed by atoms with Gasteiger partial charge in [0.25, 0.3) is 0 Å². The minimum absolute atomic E-state index is 0.114. The smallest absolute Gasteiger partial charge is 0.323 e. The van der Waals surface area contributed by atoms with Crippen molar-refractivity contribution in [2.45, 2.75) is 32.9 Å². The summed E-state index contributed by atoms with van der Waals surface area (Å²) in [6.45, 7) is 6.67. The molecule has 0 saturated carbocycles. The van der Waals surface area contributed by atoms with Gasteiger partial charge in [0.15, 0.2) is 5.82 Å². The first kappa shape index (κ1) is 17.4. The summed E-state index contributed by atoms with van der Waals surface area (Å²) in [7, 11) is 0. The lowest BCUT2D eigenvalue weighted by molar-refractivity contribution is 0.00855. The Bertz CT molecular complexity index is 686. The lowest BCUT2D eigenvalue weighted by Gasteiger charge is -2.36. The minimum Gasteiger partial charge on any atom is -0.377 e. The molecule has 3 heterocycles. The van der Waals surface area contributed by atoms with Gasteiger partial charge < -0.3 is 9.64 Å². The van der Waals surface area contributed by atoms with E-state index in [2.05, 4.69) is 29.2 Å². The third-order valence-corrected chi connectivity index (χ3v) is 4.16. The third-order valence-electron chi connectivity index (χ3n) is 4.16. The van der Waals surface area contributed by atoms with Crippen LogP contribution in [0.3, 0.4) is 0 Å². The summed E-state index contributed by atoms with van der Waals surface area (Å²) in [5.41, 5.74) is 0.925. The summed E-state index contributed by atoms with van der Waals surface area (Å²) < 4.78 is 7.30. The number of urea groups is 1. The van der Waals surface area contributed by atoms with Crippen LogP contribution in [-0.2, 0) is 11.3 Å². The summed E-state index contributed by atoms with van der Waals surface area (Å²) in [6, 6.07) is 7.58. The summed E-state index contributed by atoms with van der Waals surface area (Å²) in [6.07, 6.45) is 4.53. The molecular formula is C18H25N5O2. The highest BCUT2D eigenvalue weighted by Crippen LogP contribution is 2.17. The number of anilines is 1. The number of nitrogens with one attached hydrogen (secondary N) is 1. The van der Waals surface area contributed by atoms with Crippen molar-refractivity contribution in [3.8, 4) is 0 Å². The maximum Gasteiger partial charge on any atom is 0.323 e. The van der Waals surface area contributed by atoms with E-state index in [1.54, 1.807) is 16.9 Å². The quantitative estimate of drug-likeness (QED) is 0.906. The lowest BCUT2D eigenvalue weighted by atomic mass is 10.0. The van der Waals surface area contributed by atoms with Gasteiger partial charge in [0.1, 0.15) is 0 Å². The number of aromatic nitrogens is 3. The van der Waals surface area contributed by atoms with Gasteiger partial charge in [-0.25, -0.2) is 4.79 Å². The number of carbonyl (C=O) groups excluding carboxylic acids is 1. The normalized spacial score (nSPS) is 17.7. The number of ether oxygens (including phenoxy) is 1. The fourth-order valence-corrected chi connectivity index (χ4v) is 3.02. The second-order valence-corrected chi connectivity index (χ2v) is 6.70. The predicted octanol–water partition coefficient (Wildman–Crippen LogP) is 2.61. The van der Waals surface area contributed by atoms with Crippen molar-refractivity contribution in [3.05, 3.63) is 42.4 Å². The van der Waals surface area contributed by atoms with Crippen molar-refractivity contribution in [1.82, 2.24) is 19.7 Å². The molecule has 2 amide bonds. The van der Waals surface area contributed by atoms with Crippen LogP contribution in [0.5, 0.6) is 0 Å². The zero-order valence-corrected chi connectivity index (χ0v) is 14.8. The second kappa shape index (κ2) is 8.11. The van der Waals surface area contributed by atoms with Gasteiger partial charge in [-0.2, -0.15) is 5.10 Å². The van der Waals surface area contributed by atoms with E-state index < -0.39 is 0 Å².